The molecule has 5 aliphatic carbocycles. The van der Waals surface area contributed by atoms with Crippen LogP contribution in [0.5, 0.6) is 0 Å². The molecule has 13 aliphatic rings. The third kappa shape index (κ3) is 18.4. The Morgan fingerprint density at radius 1 is 0.586 bits per heavy atom. The molecule has 5 saturated carbocycles. The highest BCUT2D eigenvalue weighted by atomic mass is 35.5. The fourth-order valence-corrected chi connectivity index (χ4v) is 18.2. The number of carbonyl (C=O) groups is 1. The highest BCUT2D eigenvalue weighted by Gasteiger charge is 2.49. The van der Waals surface area contributed by atoms with Crippen LogP contribution in [0.25, 0.3) is 11.5 Å². The summed E-state index contributed by atoms with van der Waals surface area (Å²) in [7, 11) is 2.16. The fourth-order valence-electron chi connectivity index (χ4n) is 17.6. The summed E-state index contributed by atoms with van der Waals surface area (Å²) in [6.07, 6.45) is 45.1. The standard InChI is InChI=1S/C23H29N9.C16H26ClN5O2.C14H17ClN4.C13H14ClN5.C11H18ClN5/c1-30-9-11-31(12-10-30)17-5-6-19(25-13-17)28-22-26-14-18-21(29-22)32-20(15-24-18)27-16-23(32)7-3-2-4-8-23;1-15(2,3)24-14(23)20-10-16(7-5-4-6-8-16)22-12-11(18)9-19-13(17)21-12;15-13-16-8-10-4-5-11-17-9-14(6-2-1-3-7-14)19(11)12(10)18-13;14-12-16-6-9-11(18-12)19-10(7-15-9)17-8-13(19)4-2-1-3-5-13;12-10-15-6-8(14)9(16-10)17-11(7-13)4-2-1-3-5-11/h5-6,13-15,27H,2-4,7-12,16H2,1H3;9H,4-8,10,18H2,1-3H3,(H,20,23)(H,19,21,22);8H,1-7,9H2;6-7H,1-5,8H2;6H,1-5,7,13-14H2,(H,15,16,17). The van der Waals surface area contributed by atoms with Crippen molar-refractivity contribution >= 4 is 128 Å². The summed E-state index contributed by atoms with van der Waals surface area (Å²) >= 11 is 23.6. The van der Waals surface area contributed by atoms with E-state index in [1.165, 1.54) is 133 Å². The Bertz CT molecular complexity index is 4530. The average molecular weight is 1600 g/mol. The number of nitrogens with zero attached hydrogens (tertiary/aromatic N) is 21. The number of fused-ring (bicyclic) bond motifs is 12. The van der Waals surface area contributed by atoms with E-state index in [4.69, 9.17) is 78.3 Å². The number of aromatic nitrogens is 13. The van der Waals surface area contributed by atoms with Crippen molar-refractivity contribution in [1.82, 2.24) is 74.6 Å². The van der Waals surface area contributed by atoms with Crippen molar-refractivity contribution in [3.8, 4) is 11.5 Å². The molecule has 10 N–H and O–H groups in total. The van der Waals surface area contributed by atoms with Gasteiger partial charge in [-0.05, 0) is 157 Å². The lowest BCUT2D eigenvalue weighted by atomic mass is 9.80. The Morgan fingerprint density at radius 3 is 1.76 bits per heavy atom. The number of rotatable bonds is 9. The van der Waals surface area contributed by atoms with Crippen molar-refractivity contribution in [2.45, 2.75) is 227 Å². The smallest absolute Gasteiger partial charge is 0.407 e. The monoisotopic (exact) mass is 1590 g/mol. The molecule has 111 heavy (non-hydrogen) atoms. The lowest BCUT2D eigenvalue weighted by molar-refractivity contribution is 0.0512. The Morgan fingerprint density at radius 2 is 1.14 bits per heavy atom. The van der Waals surface area contributed by atoms with Crippen molar-refractivity contribution in [2.75, 3.05) is 108 Å². The molecule has 6 fully saturated rings. The largest absolute Gasteiger partial charge is 0.444 e. The first-order valence-corrected chi connectivity index (χ1v) is 41.1. The predicted octanol–water partition coefficient (Wildman–Crippen LogP) is 13.1. The molecular weight excluding hydrogens is 1490 g/mol. The number of aliphatic imine (C=N–C) groups is 3. The highest BCUT2D eigenvalue weighted by molar-refractivity contribution is 6.39. The first kappa shape index (κ1) is 79.1. The van der Waals surface area contributed by atoms with Crippen molar-refractivity contribution in [3.05, 3.63) is 87.8 Å². The molecule has 3 spiro atoms. The summed E-state index contributed by atoms with van der Waals surface area (Å²) in [6, 6.07) is 4.04. The minimum atomic E-state index is -0.526. The number of carbonyl (C=O) groups excluding carboxylic acids is 1. The van der Waals surface area contributed by atoms with Crippen LogP contribution in [0.3, 0.4) is 0 Å². The lowest BCUT2D eigenvalue weighted by Crippen LogP contribution is -2.53. The van der Waals surface area contributed by atoms with E-state index in [-0.39, 0.29) is 43.5 Å². The molecule has 0 atom stereocenters. The Labute approximate surface area is 668 Å². The Hall–Kier alpha value is -8.55. The van der Waals surface area contributed by atoms with Gasteiger partial charge in [0.25, 0.3) is 5.62 Å². The summed E-state index contributed by atoms with van der Waals surface area (Å²) in [5.41, 5.74) is 22.4. The number of piperazine rings is 1. The number of halogens is 4. The van der Waals surface area contributed by atoms with Crippen LogP contribution in [0.15, 0.2) is 75.5 Å². The number of nitrogen functional groups attached to an aromatic ring is 2. The number of pyridine rings is 1. The van der Waals surface area contributed by atoms with Crippen LogP contribution in [-0.4, -0.2) is 187 Å². The lowest BCUT2D eigenvalue weighted by Gasteiger charge is -2.44. The Balaban J connectivity index is 0.000000118. The summed E-state index contributed by atoms with van der Waals surface area (Å²) in [4.78, 5) is 91.3. The normalized spacial score (nSPS) is 20.8. The van der Waals surface area contributed by atoms with Crippen molar-refractivity contribution in [1.29, 1.82) is 0 Å². The molecule has 8 aliphatic heterocycles. The van der Waals surface area contributed by atoms with Gasteiger partial charge in [-0.3, -0.25) is 14.9 Å². The van der Waals surface area contributed by atoms with E-state index in [0.29, 0.717) is 52.8 Å². The van der Waals surface area contributed by atoms with E-state index >= 15 is 0 Å². The summed E-state index contributed by atoms with van der Waals surface area (Å²) in [5.74, 6) is 7.59. The number of ether oxygens (including phenoxy) is 1. The van der Waals surface area contributed by atoms with E-state index in [1.54, 1.807) is 12.4 Å². The number of hydrogen-bond acceptors (Lipinski definition) is 28. The summed E-state index contributed by atoms with van der Waals surface area (Å²) < 4.78 is 7.68. The van der Waals surface area contributed by atoms with Crippen LogP contribution in [-0.2, 0) is 16.7 Å². The van der Waals surface area contributed by atoms with Crippen LogP contribution >= 0.6 is 46.4 Å². The highest BCUT2D eigenvalue weighted by Crippen LogP contribution is 2.48. The maximum absolute atomic E-state index is 12.0. The molecule has 0 radical (unpaired) electrons. The maximum Gasteiger partial charge on any atom is 0.407 e. The van der Waals surface area contributed by atoms with Gasteiger partial charge >= 0.3 is 6.09 Å². The minimum absolute atomic E-state index is 0.0861. The molecule has 0 unspecified atom stereocenters. The molecule has 592 valence electrons. The molecule has 5 aromatic rings. The zero-order chi connectivity index (χ0) is 77.4. The maximum atomic E-state index is 12.0. The minimum Gasteiger partial charge on any atom is -0.444 e. The number of anilines is 8. The van der Waals surface area contributed by atoms with Gasteiger partial charge in [0.15, 0.2) is 29.1 Å². The quantitative estimate of drug-likeness (QED) is 0.0660. The molecule has 0 bridgehead atoms. The number of amides is 1. The number of nitrogens with one attached hydrogen (secondary N) is 4. The van der Waals surface area contributed by atoms with Gasteiger partial charge in [-0.15, -0.1) is 0 Å². The van der Waals surface area contributed by atoms with Gasteiger partial charge in [0.1, 0.15) is 40.3 Å². The predicted molar refractivity (Wildman–Crippen MR) is 440 cm³/mol. The van der Waals surface area contributed by atoms with E-state index in [9.17, 15) is 4.79 Å². The van der Waals surface area contributed by atoms with E-state index in [2.05, 4.69) is 128 Å². The zero-order valence-electron chi connectivity index (χ0n) is 64.2. The topological polar surface area (TPSA) is 374 Å². The molecule has 13 heterocycles. The molecular formula is C77H104Cl4N28O2. The number of aryl methyl sites for hydroxylation is 1. The van der Waals surface area contributed by atoms with Crippen LogP contribution < -0.4 is 58.8 Å². The van der Waals surface area contributed by atoms with Gasteiger partial charge in [0.05, 0.1) is 101 Å². The summed E-state index contributed by atoms with van der Waals surface area (Å²) in [6.45, 7) is 13.4. The second-order valence-electron chi connectivity index (χ2n) is 32.4. The van der Waals surface area contributed by atoms with Crippen LogP contribution in [0.4, 0.5) is 62.5 Å². The molecule has 18 rings (SSSR count). The molecule has 34 heteroatoms. The number of amidine groups is 2. The molecule has 30 nitrogen and oxygen atoms in total. The van der Waals surface area contributed by atoms with E-state index < -0.39 is 11.7 Å². The van der Waals surface area contributed by atoms with E-state index in [0.717, 1.165) is 156 Å². The first-order valence-electron chi connectivity index (χ1n) is 39.6. The number of likely N-dealkylation sites (N-methyl/N-ethyl adjacent to an activating group) is 1. The van der Waals surface area contributed by atoms with Gasteiger partial charge in [-0.25, -0.2) is 44.7 Å². The Kier molecular flexibility index (Phi) is 24.5. The van der Waals surface area contributed by atoms with Crippen molar-refractivity contribution in [3.63, 3.8) is 0 Å². The number of hydrogen-bond donors (Lipinski definition) is 7. The van der Waals surface area contributed by atoms with Gasteiger partial charge in [-0.2, -0.15) is 29.9 Å². The number of nitrogens with two attached hydrogens (primary N) is 3. The molecule has 1 saturated heterocycles. The third-order valence-corrected chi connectivity index (χ3v) is 24.2. The molecule has 5 aromatic heterocycles. The first-order chi connectivity index (χ1) is 53.6. The third-order valence-electron chi connectivity index (χ3n) is 23.5. The van der Waals surface area contributed by atoms with Crippen molar-refractivity contribution < 1.29 is 9.53 Å². The van der Waals surface area contributed by atoms with Crippen molar-refractivity contribution in [2.24, 2.45) is 25.7 Å². The molecule has 1 amide bonds. The van der Waals surface area contributed by atoms with Gasteiger partial charge < -0.3 is 62.5 Å². The summed E-state index contributed by atoms with van der Waals surface area (Å²) in [5, 5.41) is 14.1. The van der Waals surface area contributed by atoms with Gasteiger partial charge in [0.2, 0.25) is 21.1 Å². The van der Waals surface area contributed by atoms with Crippen LogP contribution in [0, 0.1) is 0 Å². The molecule has 0 aromatic carbocycles. The van der Waals surface area contributed by atoms with Gasteiger partial charge in [0, 0.05) is 64.0 Å². The van der Waals surface area contributed by atoms with E-state index in [1.807, 2.05) is 51.6 Å². The second-order valence-corrected chi connectivity index (χ2v) is 33.7. The van der Waals surface area contributed by atoms with Crippen LogP contribution in [0.1, 0.15) is 193 Å². The SMILES string of the molecule is CC(C)(C)OC(=O)NCC1(Nc2nc(Cl)ncc2N)CCCCC1.CN1CCN(c2ccc(N=c3ncc4ncc5n(c-4n3)C3(CCCCC3)CN5)nc2)CC1.Clc1ncc2c(n1)N1C(=NCC13CCCCC3)C=N2.Clc1ncc2c(n1)N1C(=NCC13CCCCC3)CC2.NCC1(Nc2nc(Cl)ncc2N)CCCCC1. The fraction of sp³-hybridized carbons (Fsp3) is 0.597. The zero-order valence-corrected chi connectivity index (χ0v) is 67.2. The van der Waals surface area contributed by atoms with Crippen LogP contribution in [0.2, 0.25) is 21.1 Å². The number of alkyl carbamates (subject to hydrolysis) is 1. The second kappa shape index (κ2) is 34.4. The van der Waals surface area contributed by atoms with Gasteiger partial charge in [-0.1, -0.05) is 96.3 Å². The average Bonchev–Trinajstić information content (AvgIpc) is 1.63.